The van der Waals surface area contributed by atoms with Crippen LogP contribution < -0.4 is 10.2 Å². The number of hydrogen-bond donors (Lipinski definition) is 1. The summed E-state index contributed by atoms with van der Waals surface area (Å²) in [6.07, 6.45) is 0. The first-order chi connectivity index (χ1) is 19.4. The number of carbonyl (C=O) groups excluding carboxylic acids is 4. The van der Waals surface area contributed by atoms with Gasteiger partial charge in [-0.2, -0.15) is 0 Å². The van der Waals surface area contributed by atoms with Crippen LogP contribution in [0.2, 0.25) is 0 Å². The number of carbonyl (C=O) groups is 4. The number of benzene rings is 4. The molecule has 1 aliphatic rings. The molecule has 7 nitrogen and oxygen atoms in total. The number of anilines is 2. The monoisotopic (exact) mass is 563 g/mol. The average Bonchev–Trinajstić information content (AvgIpc) is 3.49. The molecule has 40 heavy (non-hydrogen) atoms. The summed E-state index contributed by atoms with van der Waals surface area (Å²) in [5.74, 6) is -0.221. The second kappa shape index (κ2) is 10.5. The number of Topliss-reactive ketones (excluding diaryl/α,β-unsaturated/α-hetero) is 1. The molecule has 1 aliphatic heterocycles. The molecule has 6 rings (SSSR count). The Balaban J connectivity index is 1.10. The topological polar surface area (TPSA) is 96.4 Å². The van der Waals surface area contributed by atoms with Crippen LogP contribution in [0, 0.1) is 0 Å². The van der Waals surface area contributed by atoms with Crippen molar-refractivity contribution in [3.05, 3.63) is 119 Å². The molecule has 1 N–H and O–H groups in total. The molecule has 9 heteroatoms. The van der Waals surface area contributed by atoms with Gasteiger partial charge >= 0.3 is 0 Å². The first kappa shape index (κ1) is 25.7. The zero-order chi connectivity index (χ0) is 27.8. The molecular weight excluding hydrogens is 542 g/mol. The van der Waals surface area contributed by atoms with E-state index in [1.54, 1.807) is 78.5 Å². The lowest BCUT2D eigenvalue weighted by Crippen LogP contribution is -2.29. The van der Waals surface area contributed by atoms with Crippen LogP contribution in [0.25, 0.3) is 10.2 Å². The average molecular weight is 564 g/mol. The molecule has 0 aliphatic carbocycles. The third-order valence-corrected chi connectivity index (χ3v) is 8.76. The molecule has 0 atom stereocenters. The zero-order valence-electron chi connectivity index (χ0n) is 21.2. The van der Waals surface area contributed by atoms with Crippen LogP contribution in [0.15, 0.2) is 95.3 Å². The van der Waals surface area contributed by atoms with Crippen molar-refractivity contribution in [2.45, 2.75) is 17.0 Å². The highest BCUT2D eigenvalue weighted by atomic mass is 32.2. The fraction of sp³-hybridized carbons (Fsp3) is 0.0645. The lowest BCUT2D eigenvalue weighted by atomic mass is 10.1. The number of nitrogens with one attached hydrogen (secondary N) is 1. The predicted molar refractivity (Wildman–Crippen MR) is 158 cm³/mol. The third-order valence-electron chi connectivity index (χ3n) is 6.53. The third kappa shape index (κ3) is 4.92. The van der Waals surface area contributed by atoms with Gasteiger partial charge in [-0.1, -0.05) is 36.0 Å². The fourth-order valence-corrected chi connectivity index (χ4v) is 6.46. The van der Waals surface area contributed by atoms with E-state index in [0.29, 0.717) is 39.4 Å². The van der Waals surface area contributed by atoms with E-state index in [2.05, 4.69) is 5.32 Å². The minimum atomic E-state index is -0.318. The van der Waals surface area contributed by atoms with Gasteiger partial charge in [-0.3, -0.25) is 19.2 Å². The summed E-state index contributed by atoms with van der Waals surface area (Å²) >= 11 is 3.09. The molecule has 196 valence electrons. The highest BCUT2D eigenvalue weighted by Gasteiger charge is 2.36. The van der Waals surface area contributed by atoms with Crippen molar-refractivity contribution in [2.75, 3.05) is 10.2 Å². The van der Waals surface area contributed by atoms with Gasteiger partial charge in [0.25, 0.3) is 17.7 Å². The van der Waals surface area contributed by atoms with E-state index >= 15 is 0 Å². The van der Waals surface area contributed by atoms with Crippen molar-refractivity contribution < 1.29 is 19.2 Å². The van der Waals surface area contributed by atoms with Gasteiger partial charge in [0.05, 0.1) is 27.0 Å². The number of imide groups is 1. The summed E-state index contributed by atoms with van der Waals surface area (Å²) < 4.78 is 1.75. The van der Waals surface area contributed by atoms with Crippen molar-refractivity contribution >= 4 is 68.2 Å². The van der Waals surface area contributed by atoms with Gasteiger partial charge < -0.3 is 5.32 Å². The summed E-state index contributed by atoms with van der Waals surface area (Å²) in [5, 5.41) is 2.84. The van der Waals surface area contributed by atoms with Gasteiger partial charge in [0.1, 0.15) is 0 Å². The lowest BCUT2D eigenvalue weighted by Gasteiger charge is -2.13. The van der Waals surface area contributed by atoms with Gasteiger partial charge in [-0.25, -0.2) is 9.88 Å². The summed E-state index contributed by atoms with van der Waals surface area (Å²) in [5.41, 5.74) is 4.95. The van der Waals surface area contributed by atoms with Crippen molar-refractivity contribution in [3.8, 4) is 0 Å². The molecule has 0 bridgehead atoms. The Bertz CT molecular complexity index is 1780. The standard InChI is InChI=1S/C31H21N3O4S2/c1-18(35)20-10-12-22(13-11-20)32-28(36)21-8-6-19(7-9-21)17-39-31-33-26-15-14-23(16-27(26)40-31)34-29(37)24-4-2-3-5-25(24)30(34)38/h2-16H,17H2,1H3,(H,32,36). The van der Waals surface area contributed by atoms with Crippen LogP contribution in [-0.4, -0.2) is 28.5 Å². The Kier molecular flexibility index (Phi) is 6.75. The number of rotatable bonds is 7. The molecule has 0 radical (unpaired) electrons. The zero-order valence-corrected chi connectivity index (χ0v) is 22.8. The van der Waals surface area contributed by atoms with E-state index in [4.69, 9.17) is 4.98 Å². The predicted octanol–water partition coefficient (Wildman–Crippen LogP) is 6.84. The quantitative estimate of drug-likeness (QED) is 0.132. The molecule has 0 spiro atoms. The molecule has 1 aromatic heterocycles. The van der Waals surface area contributed by atoms with E-state index in [1.807, 2.05) is 24.3 Å². The number of amides is 3. The normalized spacial score (nSPS) is 12.6. The lowest BCUT2D eigenvalue weighted by molar-refractivity contribution is 0.0923. The SMILES string of the molecule is CC(=O)c1ccc(NC(=O)c2ccc(CSc3nc4ccc(N5C(=O)c6ccccc6C5=O)cc4s3)cc2)cc1. The summed E-state index contributed by atoms with van der Waals surface area (Å²) in [4.78, 5) is 55.7. The van der Waals surface area contributed by atoms with Gasteiger partial charge in [-0.15, -0.1) is 11.3 Å². The van der Waals surface area contributed by atoms with Gasteiger partial charge in [0.2, 0.25) is 0 Å². The van der Waals surface area contributed by atoms with E-state index in [9.17, 15) is 19.2 Å². The minimum Gasteiger partial charge on any atom is -0.322 e. The van der Waals surface area contributed by atoms with Crippen molar-refractivity contribution in [3.63, 3.8) is 0 Å². The number of hydrogen-bond acceptors (Lipinski definition) is 7. The number of nitrogens with zero attached hydrogens (tertiary/aromatic N) is 2. The first-order valence-corrected chi connectivity index (χ1v) is 14.2. The minimum absolute atomic E-state index is 0.0247. The Morgan fingerprint density at radius 2 is 1.50 bits per heavy atom. The number of thioether (sulfide) groups is 1. The molecule has 3 amide bonds. The number of aromatic nitrogens is 1. The molecular formula is C31H21N3O4S2. The summed E-state index contributed by atoms with van der Waals surface area (Å²) in [6.45, 7) is 1.50. The van der Waals surface area contributed by atoms with Crippen LogP contribution in [0.4, 0.5) is 11.4 Å². The highest BCUT2D eigenvalue weighted by Crippen LogP contribution is 2.35. The Labute approximate surface area is 237 Å². The van der Waals surface area contributed by atoms with Crippen LogP contribution in [-0.2, 0) is 5.75 Å². The molecule has 2 heterocycles. The largest absolute Gasteiger partial charge is 0.322 e. The van der Waals surface area contributed by atoms with E-state index < -0.39 is 0 Å². The molecule has 0 saturated carbocycles. The van der Waals surface area contributed by atoms with Crippen molar-refractivity contribution in [1.29, 1.82) is 0 Å². The van der Waals surface area contributed by atoms with Crippen LogP contribution in [0.1, 0.15) is 53.9 Å². The molecule has 5 aromatic rings. The Morgan fingerprint density at radius 3 is 2.15 bits per heavy atom. The highest BCUT2D eigenvalue weighted by molar-refractivity contribution is 8.00. The van der Waals surface area contributed by atoms with Gasteiger partial charge in [0.15, 0.2) is 10.1 Å². The van der Waals surface area contributed by atoms with Crippen molar-refractivity contribution in [1.82, 2.24) is 4.98 Å². The van der Waals surface area contributed by atoms with E-state index in [0.717, 1.165) is 20.1 Å². The van der Waals surface area contributed by atoms with Crippen LogP contribution >= 0.6 is 23.1 Å². The summed E-state index contributed by atoms with van der Waals surface area (Å²) in [7, 11) is 0. The maximum absolute atomic E-state index is 12.9. The molecule has 0 saturated heterocycles. The number of fused-ring (bicyclic) bond motifs is 2. The molecule has 0 unspecified atom stereocenters. The molecule has 4 aromatic carbocycles. The van der Waals surface area contributed by atoms with E-state index in [1.165, 1.54) is 23.2 Å². The first-order valence-electron chi connectivity index (χ1n) is 12.4. The second-order valence-electron chi connectivity index (χ2n) is 9.20. The molecule has 0 fully saturated rings. The Hall–Kier alpha value is -4.60. The number of ketones is 1. The summed E-state index contributed by atoms with van der Waals surface area (Å²) in [6, 6.07) is 26.4. The Morgan fingerprint density at radius 1 is 0.850 bits per heavy atom. The fourth-order valence-electron chi connectivity index (χ4n) is 4.41. The van der Waals surface area contributed by atoms with Gasteiger partial charge in [-0.05, 0) is 79.2 Å². The number of thiazole rings is 1. The maximum Gasteiger partial charge on any atom is 0.266 e. The van der Waals surface area contributed by atoms with Crippen molar-refractivity contribution in [2.24, 2.45) is 0 Å². The van der Waals surface area contributed by atoms with Gasteiger partial charge in [0, 0.05) is 22.6 Å². The van der Waals surface area contributed by atoms with Crippen LogP contribution in [0.5, 0.6) is 0 Å². The second-order valence-corrected chi connectivity index (χ2v) is 11.4. The maximum atomic E-state index is 12.9. The smallest absolute Gasteiger partial charge is 0.266 e. The van der Waals surface area contributed by atoms with E-state index in [-0.39, 0.29) is 23.5 Å². The van der Waals surface area contributed by atoms with Crippen LogP contribution in [0.3, 0.4) is 0 Å².